The second-order valence-electron chi connectivity index (χ2n) is 5.17. The van der Waals surface area contributed by atoms with Crippen LogP contribution in [0.1, 0.15) is 40.0 Å². The predicted molar refractivity (Wildman–Crippen MR) is 71.2 cm³/mol. The summed E-state index contributed by atoms with van der Waals surface area (Å²) in [7, 11) is 0. The van der Waals surface area contributed by atoms with Gasteiger partial charge in [0, 0.05) is 12.5 Å². The molecule has 0 spiro atoms. The van der Waals surface area contributed by atoms with Crippen molar-refractivity contribution in [3.63, 3.8) is 0 Å². The summed E-state index contributed by atoms with van der Waals surface area (Å²) in [6.07, 6.45) is -0.150. The molecule has 8 nitrogen and oxygen atoms in total. The summed E-state index contributed by atoms with van der Waals surface area (Å²) in [6, 6.07) is 2.75. The number of nitrogens with zero attached hydrogens (tertiary/aromatic N) is 2. The van der Waals surface area contributed by atoms with Gasteiger partial charge in [0.1, 0.15) is 11.3 Å². The Labute approximate surface area is 123 Å². The molecule has 0 saturated heterocycles. The first kappa shape index (κ1) is 14.1. The largest absolute Gasteiger partial charge is 0.299 e. The predicted octanol–water partition coefficient (Wildman–Crippen LogP) is 0.881. The van der Waals surface area contributed by atoms with E-state index in [1.807, 2.05) is 0 Å². The van der Waals surface area contributed by atoms with Crippen LogP contribution < -0.4 is 0 Å². The third kappa shape index (κ3) is 1.92. The molecular formula is C14H10N2O6. The lowest BCUT2D eigenvalue weighted by atomic mass is 9.92. The summed E-state index contributed by atoms with van der Waals surface area (Å²) in [5.41, 5.74) is -0.830. The number of nitro groups is 1. The molecule has 0 N–H and O–H groups in total. The lowest BCUT2D eigenvalue weighted by Gasteiger charge is -2.27. The normalized spacial score (nSPS) is 21.3. The van der Waals surface area contributed by atoms with Gasteiger partial charge in [-0.3, -0.25) is 34.2 Å². The number of carbonyl (C=O) groups excluding carboxylic acids is 4. The molecule has 1 heterocycles. The Morgan fingerprint density at radius 2 is 1.86 bits per heavy atom. The highest BCUT2D eigenvalue weighted by Gasteiger charge is 2.47. The van der Waals surface area contributed by atoms with Gasteiger partial charge in [-0.05, 0) is 12.5 Å². The van der Waals surface area contributed by atoms with E-state index >= 15 is 0 Å². The lowest BCUT2D eigenvalue weighted by Crippen LogP contribution is -2.47. The van der Waals surface area contributed by atoms with Crippen molar-refractivity contribution >= 4 is 29.1 Å². The monoisotopic (exact) mass is 302 g/mol. The molecule has 1 atom stereocenters. The molecule has 0 radical (unpaired) electrons. The Balaban J connectivity index is 2.04. The van der Waals surface area contributed by atoms with E-state index in [0.29, 0.717) is 0 Å². The van der Waals surface area contributed by atoms with Gasteiger partial charge in [0.2, 0.25) is 0 Å². The van der Waals surface area contributed by atoms with Crippen LogP contribution in [-0.2, 0) is 9.59 Å². The van der Waals surface area contributed by atoms with E-state index in [4.69, 9.17) is 0 Å². The molecule has 0 aromatic heterocycles. The Morgan fingerprint density at radius 1 is 1.14 bits per heavy atom. The quantitative estimate of drug-likeness (QED) is 0.346. The van der Waals surface area contributed by atoms with Gasteiger partial charge in [-0.2, -0.15) is 0 Å². The molecule has 1 fully saturated rings. The lowest BCUT2D eigenvalue weighted by molar-refractivity contribution is -0.385. The minimum atomic E-state index is -1.02. The Morgan fingerprint density at radius 3 is 2.50 bits per heavy atom. The summed E-state index contributed by atoms with van der Waals surface area (Å²) in [4.78, 5) is 59.0. The van der Waals surface area contributed by atoms with Crippen molar-refractivity contribution in [2.45, 2.75) is 25.3 Å². The number of fused-ring (bicyclic) bond motifs is 1. The van der Waals surface area contributed by atoms with Crippen LogP contribution in [0.5, 0.6) is 0 Å². The number of ketones is 2. The van der Waals surface area contributed by atoms with Gasteiger partial charge in [0.05, 0.1) is 22.9 Å². The summed E-state index contributed by atoms with van der Waals surface area (Å²) in [5, 5.41) is 11.0. The van der Waals surface area contributed by atoms with Crippen LogP contribution in [0.15, 0.2) is 18.2 Å². The molecule has 2 aliphatic rings. The molecule has 1 saturated carbocycles. The van der Waals surface area contributed by atoms with Gasteiger partial charge >= 0.3 is 0 Å². The second kappa shape index (κ2) is 4.83. The Hall–Kier alpha value is -2.90. The Bertz CT molecular complexity index is 754. The fourth-order valence-electron chi connectivity index (χ4n) is 2.85. The third-order valence-electron chi connectivity index (χ3n) is 3.87. The van der Waals surface area contributed by atoms with E-state index in [1.54, 1.807) is 0 Å². The van der Waals surface area contributed by atoms with Crippen LogP contribution in [0.25, 0.3) is 0 Å². The topological polar surface area (TPSA) is 115 Å². The minimum absolute atomic E-state index is 0.0664. The van der Waals surface area contributed by atoms with E-state index in [9.17, 15) is 29.3 Å². The average molecular weight is 302 g/mol. The zero-order valence-corrected chi connectivity index (χ0v) is 11.3. The van der Waals surface area contributed by atoms with E-state index in [0.717, 1.165) is 11.0 Å². The molecular weight excluding hydrogens is 292 g/mol. The van der Waals surface area contributed by atoms with Gasteiger partial charge in [0.15, 0.2) is 5.78 Å². The summed E-state index contributed by atoms with van der Waals surface area (Å²) < 4.78 is 0. The molecule has 1 aliphatic carbocycles. The van der Waals surface area contributed by atoms with Crippen molar-refractivity contribution < 1.29 is 24.1 Å². The number of hydrogen-bond donors (Lipinski definition) is 0. The van der Waals surface area contributed by atoms with Crippen LogP contribution in [0, 0.1) is 10.1 Å². The van der Waals surface area contributed by atoms with Crippen molar-refractivity contribution in [3.8, 4) is 0 Å². The van der Waals surface area contributed by atoms with Crippen LogP contribution in [-0.4, -0.2) is 39.2 Å². The average Bonchev–Trinajstić information content (AvgIpc) is 2.72. The first-order valence-electron chi connectivity index (χ1n) is 6.61. The summed E-state index contributed by atoms with van der Waals surface area (Å²) >= 11 is 0. The third-order valence-corrected chi connectivity index (χ3v) is 3.87. The van der Waals surface area contributed by atoms with Crippen molar-refractivity contribution in [2.24, 2.45) is 0 Å². The van der Waals surface area contributed by atoms with Crippen LogP contribution in [0.3, 0.4) is 0 Å². The highest BCUT2D eigenvalue weighted by Crippen LogP contribution is 2.33. The van der Waals surface area contributed by atoms with Gasteiger partial charge in [-0.15, -0.1) is 0 Å². The van der Waals surface area contributed by atoms with Crippen molar-refractivity contribution in [2.75, 3.05) is 0 Å². The first-order chi connectivity index (χ1) is 10.4. The molecule has 2 amide bonds. The number of hydrogen-bond acceptors (Lipinski definition) is 6. The maximum atomic E-state index is 12.4. The number of imide groups is 1. The number of Topliss-reactive ketones (excluding diaryl/α,β-unsaturated/α-hetero) is 2. The number of amides is 2. The van der Waals surface area contributed by atoms with E-state index in [-0.39, 0.29) is 36.2 Å². The molecule has 3 rings (SSSR count). The fraction of sp³-hybridized carbons (Fsp3) is 0.286. The zero-order valence-electron chi connectivity index (χ0n) is 11.3. The van der Waals surface area contributed by atoms with Gasteiger partial charge in [0.25, 0.3) is 17.5 Å². The van der Waals surface area contributed by atoms with Crippen LogP contribution >= 0.6 is 0 Å². The SMILES string of the molecule is O=C1CC[C@H](N2C(=O)c3cccc([N+](=O)[O-])c3C2=O)C(=O)C1. The molecule has 0 unspecified atom stereocenters. The fourth-order valence-corrected chi connectivity index (χ4v) is 2.85. The Kier molecular flexibility index (Phi) is 3.09. The smallest absolute Gasteiger partial charge is 0.282 e. The highest BCUT2D eigenvalue weighted by molar-refractivity contribution is 6.25. The summed E-state index contributed by atoms with van der Waals surface area (Å²) in [6.45, 7) is 0. The number of carbonyl (C=O) groups is 4. The van der Waals surface area contributed by atoms with Crippen molar-refractivity contribution in [1.82, 2.24) is 4.90 Å². The zero-order chi connectivity index (χ0) is 16.0. The number of rotatable bonds is 2. The van der Waals surface area contributed by atoms with E-state index in [1.165, 1.54) is 12.1 Å². The van der Waals surface area contributed by atoms with Crippen LogP contribution in [0.2, 0.25) is 0 Å². The molecule has 22 heavy (non-hydrogen) atoms. The van der Waals surface area contributed by atoms with Crippen molar-refractivity contribution in [1.29, 1.82) is 0 Å². The molecule has 1 aliphatic heterocycles. The molecule has 112 valence electrons. The van der Waals surface area contributed by atoms with Gasteiger partial charge in [-0.25, -0.2) is 0 Å². The number of benzene rings is 1. The van der Waals surface area contributed by atoms with E-state index < -0.39 is 34.3 Å². The van der Waals surface area contributed by atoms with E-state index in [2.05, 4.69) is 0 Å². The highest BCUT2D eigenvalue weighted by atomic mass is 16.6. The molecule has 0 bridgehead atoms. The van der Waals surface area contributed by atoms with Crippen LogP contribution in [0.4, 0.5) is 5.69 Å². The maximum absolute atomic E-state index is 12.4. The molecule has 8 heteroatoms. The second-order valence-corrected chi connectivity index (χ2v) is 5.17. The summed E-state index contributed by atoms with van der Waals surface area (Å²) in [5.74, 6) is -2.31. The van der Waals surface area contributed by atoms with Gasteiger partial charge < -0.3 is 0 Å². The maximum Gasteiger partial charge on any atom is 0.282 e. The molecule has 1 aromatic carbocycles. The minimum Gasteiger partial charge on any atom is -0.299 e. The standard InChI is InChI=1S/C14H10N2O6/c17-7-4-5-9(11(18)6-7)15-13(19)8-2-1-3-10(16(21)22)12(8)14(15)20/h1-3,9H,4-6H2/t9-/m0/s1. The first-order valence-corrected chi connectivity index (χ1v) is 6.61. The molecule has 1 aromatic rings. The van der Waals surface area contributed by atoms with Gasteiger partial charge in [-0.1, -0.05) is 6.07 Å². The van der Waals surface area contributed by atoms with Crippen molar-refractivity contribution in [3.05, 3.63) is 39.4 Å². The number of nitro benzene ring substituents is 1.